The molecule has 5 rings (SSSR count). The van der Waals surface area contributed by atoms with E-state index in [9.17, 15) is 22.8 Å². The van der Waals surface area contributed by atoms with E-state index in [4.69, 9.17) is 4.74 Å². The third-order valence-electron chi connectivity index (χ3n) is 7.57. The summed E-state index contributed by atoms with van der Waals surface area (Å²) in [6, 6.07) is 5.16. The highest BCUT2D eigenvalue weighted by atomic mass is 19.4. The minimum atomic E-state index is -4.93. The number of likely N-dealkylation sites (N-methyl/N-ethyl adjacent to an activating group) is 1. The standard InChI is InChI=1S/C29H32F4N6O3/c1-38-4-6-39(7-5-38)26-13-24(30)21(19-10-18(14-34-16-19)15-35-20-2-8-42-9-3-20)11-25(26)37-28(41)22-17-36-27(40)12-23(22)29(31,32)33/h10-14,16-17,20,35H,2-9,15H2,1H3,(H,36,40)(H,37,41). The van der Waals surface area contributed by atoms with Crippen LogP contribution in [0.3, 0.4) is 0 Å². The molecule has 0 spiro atoms. The Morgan fingerprint density at radius 3 is 2.55 bits per heavy atom. The van der Waals surface area contributed by atoms with E-state index >= 15 is 4.39 Å². The fraction of sp³-hybridized carbons (Fsp3) is 0.414. The van der Waals surface area contributed by atoms with E-state index in [-0.39, 0.29) is 11.3 Å². The molecule has 2 aromatic heterocycles. The largest absolute Gasteiger partial charge is 0.417 e. The topological polar surface area (TPSA) is 103 Å². The van der Waals surface area contributed by atoms with Crippen molar-refractivity contribution in [2.45, 2.75) is 31.6 Å². The Bertz CT molecular complexity index is 1480. The number of piperazine rings is 1. The van der Waals surface area contributed by atoms with Gasteiger partial charge in [0, 0.05) is 87.8 Å². The Morgan fingerprint density at radius 2 is 1.83 bits per heavy atom. The van der Waals surface area contributed by atoms with Crippen LogP contribution in [0.25, 0.3) is 11.1 Å². The smallest absolute Gasteiger partial charge is 0.381 e. The molecular formula is C29H32F4N6O3. The van der Waals surface area contributed by atoms with E-state index in [1.807, 2.05) is 11.9 Å². The summed E-state index contributed by atoms with van der Waals surface area (Å²) >= 11 is 0. The van der Waals surface area contributed by atoms with Gasteiger partial charge in [-0.2, -0.15) is 13.2 Å². The Morgan fingerprint density at radius 1 is 1.10 bits per heavy atom. The number of rotatable bonds is 7. The molecule has 0 aliphatic carbocycles. The van der Waals surface area contributed by atoms with Crippen LogP contribution in [-0.4, -0.2) is 73.3 Å². The number of halogens is 4. The fourth-order valence-corrected chi connectivity index (χ4v) is 5.17. The predicted molar refractivity (Wildman–Crippen MR) is 150 cm³/mol. The number of hydrogen-bond donors (Lipinski definition) is 3. The number of anilines is 2. The molecule has 2 aliphatic heterocycles. The molecule has 0 unspecified atom stereocenters. The lowest BCUT2D eigenvalue weighted by atomic mass is 10.0. The first kappa shape index (κ1) is 29.7. The highest BCUT2D eigenvalue weighted by molar-refractivity contribution is 6.07. The van der Waals surface area contributed by atoms with Gasteiger partial charge in [-0.05, 0) is 43.7 Å². The monoisotopic (exact) mass is 588 g/mol. The van der Waals surface area contributed by atoms with Crippen LogP contribution < -0.4 is 21.1 Å². The number of carbonyl (C=O) groups is 1. The van der Waals surface area contributed by atoms with Gasteiger partial charge in [0.2, 0.25) is 5.56 Å². The first-order valence-corrected chi connectivity index (χ1v) is 13.7. The van der Waals surface area contributed by atoms with Gasteiger partial charge in [0.05, 0.1) is 22.5 Å². The Hall–Kier alpha value is -3.81. The van der Waals surface area contributed by atoms with Crippen molar-refractivity contribution < 1.29 is 27.1 Å². The van der Waals surface area contributed by atoms with Gasteiger partial charge in [-0.3, -0.25) is 14.6 Å². The van der Waals surface area contributed by atoms with Crippen molar-refractivity contribution in [1.29, 1.82) is 0 Å². The molecule has 4 heterocycles. The van der Waals surface area contributed by atoms with Crippen LogP contribution in [0, 0.1) is 5.82 Å². The quantitative estimate of drug-likeness (QED) is 0.360. The molecule has 42 heavy (non-hydrogen) atoms. The number of pyridine rings is 2. The number of alkyl halides is 3. The molecule has 3 N–H and O–H groups in total. The highest BCUT2D eigenvalue weighted by Gasteiger charge is 2.36. The minimum absolute atomic E-state index is 0.140. The van der Waals surface area contributed by atoms with Crippen molar-refractivity contribution in [2.24, 2.45) is 0 Å². The molecule has 3 aromatic rings. The van der Waals surface area contributed by atoms with E-state index in [0.29, 0.717) is 69.3 Å². The van der Waals surface area contributed by atoms with E-state index in [0.717, 1.165) is 24.6 Å². The highest BCUT2D eigenvalue weighted by Crippen LogP contribution is 2.36. The first-order chi connectivity index (χ1) is 20.1. The van der Waals surface area contributed by atoms with Gasteiger partial charge in [0.1, 0.15) is 5.82 Å². The maximum Gasteiger partial charge on any atom is 0.417 e. The number of benzene rings is 1. The number of ether oxygens (including phenoxy) is 1. The van der Waals surface area contributed by atoms with Crippen LogP contribution in [0.15, 0.2) is 47.7 Å². The molecule has 2 aliphatic rings. The number of H-pyrrole nitrogens is 1. The summed E-state index contributed by atoms with van der Waals surface area (Å²) in [5.74, 6) is -1.64. The van der Waals surface area contributed by atoms with Crippen LogP contribution in [0.2, 0.25) is 0 Å². The van der Waals surface area contributed by atoms with Crippen molar-refractivity contribution in [3.8, 4) is 11.1 Å². The minimum Gasteiger partial charge on any atom is -0.381 e. The number of aromatic amines is 1. The number of nitrogens with zero attached hydrogens (tertiary/aromatic N) is 3. The molecule has 9 nitrogen and oxygen atoms in total. The molecule has 0 atom stereocenters. The number of carbonyl (C=O) groups excluding carboxylic acids is 1. The lowest BCUT2D eigenvalue weighted by molar-refractivity contribution is -0.138. The summed E-state index contributed by atoms with van der Waals surface area (Å²) in [4.78, 5) is 35.2. The Labute approximate surface area is 239 Å². The maximum absolute atomic E-state index is 15.7. The molecule has 1 amide bonds. The van der Waals surface area contributed by atoms with Crippen molar-refractivity contribution in [3.05, 3.63) is 75.7 Å². The van der Waals surface area contributed by atoms with Gasteiger partial charge < -0.3 is 30.2 Å². The lowest BCUT2D eigenvalue weighted by Gasteiger charge is -2.35. The number of nitrogens with one attached hydrogen (secondary N) is 3. The number of amides is 1. The van der Waals surface area contributed by atoms with E-state index < -0.39 is 34.6 Å². The van der Waals surface area contributed by atoms with Crippen molar-refractivity contribution in [1.82, 2.24) is 20.2 Å². The average molecular weight is 589 g/mol. The number of hydrogen-bond acceptors (Lipinski definition) is 7. The van der Waals surface area contributed by atoms with Crippen LogP contribution in [0.1, 0.15) is 34.3 Å². The Balaban J connectivity index is 1.48. The first-order valence-electron chi connectivity index (χ1n) is 13.7. The van der Waals surface area contributed by atoms with Gasteiger partial charge in [-0.15, -0.1) is 0 Å². The second-order valence-electron chi connectivity index (χ2n) is 10.6. The maximum atomic E-state index is 15.7. The molecule has 0 saturated carbocycles. The summed E-state index contributed by atoms with van der Waals surface area (Å²) < 4.78 is 62.1. The third-order valence-corrected chi connectivity index (χ3v) is 7.57. The zero-order chi connectivity index (χ0) is 29.9. The van der Waals surface area contributed by atoms with Gasteiger partial charge in [0.25, 0.3) is 5.91 Å². The molecule has 13 heteroatoms. The van der Waals surface area contributed by atoms with Crippen LogP contribution in [0.4, 0.5) is 28.9 Å². The number of aromatic nitrogens is 2. The van der Waals surface area contributed by atoms with Gasteiger partial charge in [-0.25, -0.2) is 4.39 Å². The summed E-state index contributed by atoms with van der Waals surface area (Å²) in [5.41, 5.74) is -1.18. The zero-order valence-electron chi connectivity index (χ0n) is 23.1. The SMILES string of the molecule is CN1CCN(c2cc(F)c(-c3cncc(CNC4CCOCC4)c3)cc2NC(=O)c2c[nH]c(=O)cc2C(F)(F)F)CC1. The molecule has 2 saturated heterocycles. The Kier molecular flexibility index (Phi) is 8.90. The van der Waals surface area contributed by atoms with Gasteiger partial charge >= 0.3 is 6.18 Å². The van der Waals surface area contributed by atoms with Crippen molar-refractivity contribution in [2.75, 3.05) is 56.7 Å². The van der Waals surface area contributed by atoms with Crippen LogP contribution >= 0.6 is 0 Å². The van der Waals surface area contributed by atoms with E-state index in [1.54, 1.807) is 12.3 Å². The predicted octanol–water partition coefficient (Wildman–Crippen LogP) is 3.87. The lowest BCUT2D eigenvalue weighted by Crippen LogP contribution is -2.44. The summed E-state index contributed by atoms with van der Waals surface area (Å²) in [6.07, 6.45) is 0.776. The van der Waals surface area contributed by atoms with Crippen LogP contribution in [0.5, 0.6) is 0 Å². The van der Waals surface area contributed by atoms with Crippen molar-refractivity contribution in [3.63, 3.8) is 0 Å². The second-order valence-corrected chi connectivity index (χ2v) is 10.6. The summed E-state index contributed by atoms with van der Waals surface area (Å²) in [5, 5.41) is 6.03. The van der Waals surface area contributed by atoms with E-state index in [1.165, 1.54) is 18.3 Å². The summed E-state index contributed by atoms with van der Waals surface area (Å²) in [7, 11) is 1.95. The molecule has 2 fully saturated rings. The molecular weight excluding hydrogens is 556 g/mol. The molecule has 1 aromatic carbocycles. The molecule has 0 bridgehead atoms. The second kappa shape index (κ2) is 12.6. The van der Waals surface area contributed by atoms with Gasteiger partial charge in [-0.1, -0.05) is 0 Å². The summed E-state index contributed by atoms with van der Waals surface area (Å²) in [6.45, 7) is 4.32. The molecule has 224 valence electrons. The fourth-order valence-electron chi connectivity index (χ4n) is 5.17. The molecule has 0 radical (unpaired) electrons. The van der Waals surface area contributed by atoms with Crippen molar-refractivity contribution >= 4 is 17.3 Å². The average Bonchev–Trinajstić information content (AvgIpc) is 2.97. The normalized spacial score (nSPS) is 16.9. The van der Waals surface area contributed by atoms with Crippen LogP contribution in [-0.2, 0) is 17.5 Å². The van der Waals surface area contributed by atoms with Gasteiger partial charge in [0.15, 0.2) is 0 Å². The van der Waals surface area contributed by atoms with E-state index in [2.05, 4.69) is 25.5 Å². The zero-order valence-corrected chi connectivity index (χ0v) is 23.1. The third kappa shape index (κ3) is 6.97.